The minimum atomic E-state index is 0.916. The molecule has 4 atom stereocenters. The first-order valence-electron chi connectivity index (χ1n) is 6.85. The largest absolute Gasteiger partial charge is 0.317 e. The smallest absolute Gasteiger partial charge is 0.00464 e. The maximum atomic E-state index is 3.44. The maximum Gasteiger partial charge on any atom is -0.00464 e. The van der Waals surface area contributed by atoms with Gasteiger partial charge in [-0.1, -0.05) is 34.1 Å². The van der Waals surface area contributed by atoms with Gasteiger partial charge in [-0.15, -0.1) is 0 Å². The highest BCUT2D eigenvalue weighted by Gasteiger charge is 2.27. The molecule has 1 rings (SSSR count). The molecule has 0 spiro atoms. The molecule has 1 saturated carbocycles. The van der Waals surface area contributed by atoms with Crippen molar-refractivity contribution < 1.29 is 0 Å². The highest BCUT2D eigenvalue weighted by molar-refractivity contribution is 4.78. The van der Waals surface area contributed by atoms with Crippen LogP contribution in [0.3, 0.4) is 0 Å². The van der Waals surface area contributed by atoms with Gasteiger partial charge in [0.25, 0.3) is 0 Å². The van der Waals surface area contributed by atoms with E-state index in [0.717, 1.165) is 30.2 Å². The van der Waals surface area contributed by atoms with E-state index in [1.165, 1.54) is 32.2 Å². The van der Waals surface area contributed by atoms with Gasteiger partial charge in [0, 0.05) is 0 Å². The van der Waals surface area contributed by atoms with Gasteiger partial charge < -0.3 is 5.32 Å². The van der Waals surface area contributed by atoms with Gasteiger partial charge in [-0.2, -0.15) is 0 Å². The predicted molar refractivity (Wildman–Crippen MR) is 68.0 cm³/mol. The van der Waals surface area contributed by atoms with Crippen molar-refractivity contribution in [1.82, 2.24) is 5.32 Å². The fourth-order valence-corrected chi connectivity index (χ4v) is 2.85. The average molecular weight is 211 g/mol. The second-order valence-corrected chi connectivity index (χ2v) is 5.65. The summed E-state index contributed by atoms with van der Waals surface area (Å²) in [5.41, 5.74) is 0. The van der Waals surface area contributed by atoms with Crippen LogP contribution in [0.15, 0.2) is 0 Å². The zero-order chi connectivity index (χ0) is 11.3. The zero-order valence-corrected chi connectivity index (χ0v) is 11.1. The van der Waals surface area contributed by atoms with E-state index in [2.05, 4.69) is 33.0 Å². The summed E-state index contributed by atoms with van der Waals surface area (Å²) in [6, 6.07) is 0. The molecule has 0 radical (unpaired) electrons. The van der Waals surface area contributed by atoms with Crippen molar-refractivity contribution >= 4 is 0 Å². The Hall–Kier alpha value is -0.0400. The summed E-state index contributed by atoms with van der Waals surface area (Å²) in [4.78, 5) is 0. The van der Waals surface area contributed by atoms with Gasteiger partial charge in [0.2, 0.25) is 0 Å². The highest BCUT2D eigenvalue weighted by atomic mass is 14.8. The third kappa shape index (κ3) is 4.14. The van der Waals surface area contributed by atoms with Crippen molar-refractivity contribution in [2.75, 3.05) is 13.1 Å². The van der Waals surface area contributed by atoms with Crippen molar-refractivity contribution in [1.29, 1.82) is 0 Å². The molecule has 4 unspecified atom stereocenters. The van der Waals surface area contributed by atoms with Crippen LogP contribution in [0.4, 0.5) is 0 Å². The van der Waals surface area contributed by atoms with Crippen LogP contribution < -0.4 is 5.32 Å². The van der Waals surface area contributed by atoms with E-state index in [9.17, 15) is 0 Å². The van der Waals surface area contributed by atoms with Crippen molar-refractivity contribution in [2.24, 2.45) is 23.7 Å². The minimum Gasteiger partial charge on any atom is -0.317 e. The summed E-state index contributed by atoms with van der Waals surface area (Å²) in [5, 5.41) is 3.44. The standard InChI is InChI=1S/C14H29N/c1-5-15-9-8-12(3)14-7-6-11(2)13(4)10-14/h11-15H,5-10H2,1-4H3. The Morgan fingerprint density at radius 1 is 1.20 bits per heavy atom. The van der Waals surface area contributed by atoms with E-state index in [-0.39, 0.29) is 0 Å². The minimum absolute atomic E-state index is 0.916. The second-order valence-electron chi connectivity index (χ2n) is 5.65. The van der Waals surface area contributed by atoms with Gasteiger partial charge in [0.15, 0.2) is 0 Å². The van der Waals surface area contributed by atoms with Gasteiger partial charge in [0.05, 0.1) is 0 Å². The Morgan fingerprint density at radius 2 is 1.93 bits per heavy atom. The molecule has 0 bridgehead atoms. The lowest BCUT2D eigenvalue weighted by Gasteiger charge is -2.35. The molecule has 0 amide bonds. The molecular formula is C14H29N. The van der Waals surface area contributed by atoms with Gasteiger partial charge in [-0.25, -0.2) is 0 Å². The molecule has 1 nitrogen and oxygen atoms in total. The lowest BCUT2D eigenvalue weighted by Crippen LogP contribution is -2.27. The summed E-state index contributed by atoms with van der Waals surface area (Å²) in [7, 11) is 0. The van der Waals surface area contributed by atoms with Crippen molar-refractivity contribution in [3.05, 3.63) is 0 Å². The van der Waals surface area contributed by atoms with Crippen LogP contribution in [0.1, 0.15) is 53.4 Å². The number of hydrogen-bond acceptors (Lipinski definition) is 1. The van der Waals surface area contributed by atoms with Crippen LogP contribution in [0.25, 0.3) is 0 Å². The molecule has 1 aliphatic rings. The van der Waals surface area contributed by atoms with Crippen molar-refractivity contribution in [3.8, 4) is 0 Å². The van der Waals surface area contributed by atoms with Crippen LogP contribution in [0.5, 0.6) is 0 Å². The molecule has 0 aromatic rings. The molecule has 1 fully saturated rings. The lowest BCUT2D eigenvalue weighted by molar-refractivity contribution is 0.158. The summed E-state index contributed by atoms with van der Waals surface area (Å²) in [6.45, 7) is 11.8. The fourth-order valence-electron chi connectivity index (χ4n) is 2.85. The molecule has 1 aliphatic carbocycles. The molecule has 0 aromatic heterocycles. The number of rotatable bonds is 5. The zero-order valence-electron chi connectivity index (χ0n) is 11.1. The summed E-state index contributed by atoms with van der Waals surface area (Å²) in [6.07, 6.45) is 5.75. The molecule has 0 heterocycles. The van der Waals surface area contributed by atoms with Crippen LogP contribution in [-0.2, 0) is 0 Å². The molecule has 0 aliphatic heterocycles. The monoisotopic (exact) mass is 211 g/mol. The van der Waals surface area contributed by atoms with E-state index >= 15 is 0 Å². The Kier molecular flexibility index (Phi) is 5.66. The predicted octanol–water partition coefficient (Wildman–Crippen LogP) is 3.69. The van der Waals surface area contributed by atoms with Crippen LogP contribution in [0, 0.1) is 23.7 Å². The van der Waals surface area contributed by atoms with Crippen LogP contribution in [-0.4, -0.2) is 13.1 Å². The number of nitrogens with one attached hydrogen (secondary N) is 1. The van der Waals surface area contributed by atoms with E-state index in [1.807, 2.05) is 0 Å². The third-order valence-corrected chi connectivity index (χ3v) is 4.47. The molecule has 0 aromatic carbocycles. The summed E-state index contributed by atoms with van der Waals surface area (Å²) in [5.74, 6) is 3.82. The summed E-state index contributed by atoms with van der Waals surface area (Å²) >= 11 is 0. The Morgan fingerprint density at radius 3 is 2.53 bits per heavy atom. The van der Waals surface area contributed by atoms with Crippen molar-refractivity contribution in [3.63, 3.8) is 0 Å². The highest BCUT2D eigenvalue weighted by Crippen LogP contribution is 2.37. The van der Waals surface area contributed by atoms with Gasteiger partial charge in [-0.3, -0.25) is 0 Å². The van der Waals surface area contributed by atoms with E-state index in [0.29, 0.717) is 0 Å². The quantitative estimate of drug-likeness (QED) is 0.684. The van der Waals surface area contributed by atoms with Gasteiger partial charge >= 0.3 is 0 Å². The fraction of sp³-hybridized carbons (Fsp3) is 1.00. The van der Waals surface area contributed by atoms with Crippen molar-refractivity contribution in [2.45, 2.75) is 53.4 Å². The number of hydrogen-bond donors (Lipinski definition) is 1. The van der Waals surface area contributed by atoms with E-state index < -0.39 is 0 Å². The first kappa shape index (κ1) is 13.0. The Balaban J connectivity index is 2.24. The second kappa shape index (κ2) is 6.52. The first-order valence-corrected chi connectivity index (χ1v) is 6.85. The molecular weight excluding hydrogens is 182 g/mol. The molecule has 15 heavy (non-hydrogen) atoms. The van der Waals surface area contributed by atoms with E-state index in [4.69, 9.17) is 0 Å². The first-order chi connectivity index (χ1) is 7.15. The topological polar surface area (TPSA) is 12.0 Å². The SMILES string of the molecule is CCNCCC(C)C1CCC(C)C(C)C1. The van der Waals surface area contributed by atoms with Crippen LogP contribution >= 0.6 is 0 Å². The maximum absolute atomic E-state index is 3.44. The Bertz CT molecular complexity index is 167. The Labute approximate surface area is 96.0 Å². The average Bonchev–Trinajstić information content (AvgIpc) is 2.22. The van der Waals surface area contributed by atoms with E-state index in [1.54, 1.807) is 0 Å². The summed E-state index contributed by atoms with van der Waals surface area (Å²) < 4.78 is 0. The molecule has 1 N–H and O–H groups in total. The van der Waals surface area contributed by atoms with Gasteiger partial charge in [0.1, 0.15) is 0 Å². The molecule has 90 valence electrons. The normalized spacial score (nSPS) is 34.0. The molecule has 0 saturated heterocycles. The molecule has 1 heteroatoms. The van der Waals surface area contributed by atoms with Gasteiger partial charge in [-0.05, 0) is 56.0 Å². The van der Waals surface area contributed by atoms with Crippen LogP contribution in [0.2, 0.25) is 0 Å². The lowest BCUT2D eigenvalue weighted by atomic mass is 9.71. The third-order valence-electron chi connectivity index (χ3n) is 4.47.